The Labute approximate surface area is 68.5 Å². The molecule has 0 aromatic heterocycles. The Balaban J connectivity index is 2.69. The lowest BCUT2D eigenvalue weighted by atomic mass is 9.75. The first-order valence-corrected chi connectivity index (χ1v) is 4.21. The second-order valence-electron chi connectivity index (χ2n) is 4.06. The molecule has 0 fully saturated rings. The van der Waals surface area contributed by atoms with Crippen molar-refractivity contribution >= 4 is 6.29 Å². The largest absolute Gasteiger partial charge is 0.303 e. The van der Waals surface area contributed by atoms with Crippen LogP contribution in [0, 0.1) is 17.3 Å². The lowest BCUT2D eigenvalue weighted by Gasteiger charge is -2.28. The molecule has 0 heterocycles. The molecule has 2 atom stereocenters. The van der Waals surface area contributed by atoms with E-state index in [4.69, 9.17) is 0 Å². The van der Waals surface area contributed by atoms with Crippen LogP contribution in [-0.2, 0) is 4.79 Å². The zero-order valence-corrected chi connectivity index (χ0v) is 7.50. The van der Waals surface area contributed by atoms with E-state index in [-0.39, 0.29) is 11.3 Å². The van der Waals surface area contributed by atoms with E-state index in [1.807, 2.05) is 6.92 Å². The van der Waals surface area contributed by atoms with Gasteiger partial charge in [-0.2, -0.15) is 0 Å². The van der Waals surface area contributed by atoms with Crippen molar-refractivity contribution in [1.82, 2.24) is 0 Å². The van der Waals surface area contributed by atoms with Crippen LogP contribution in [0.5, 0.6) is 0 Å². The fraction of sp³-hybridized carbons (Fsp3) is 0.700. The van der Waals surface area contributed by atoms with E-state index < -0.39 is 0 Å². The highest BCUT2D eigenvalue weighted by Crippen LogP contribution is 2.40. The van der Waals surface area contributed by atoms with Crippen LogP contribution < -0.4 is 0 Å². The summed E-state index contributed by atoms with van der Waals surface area (Å²) < 4.78 is 0. The Hall–Kier alpha value is -0.590. The fourth-order valence-corrected chi connectivity index (χ4v) is 1.93. The minimum absolute atomic E-state index is 0.194. The molecule has 0 amide bonds. The monoisotopic (exact) mass is 152 g/mol. The third-order valence-corrected chi connectivity index (χ3v) is 2.74. The molecule has 0 unspecified atom stereocenters. The summed E-state index contributed by atoms with van der Waals surface area (Å²) in [6, 6.07) is 0. The normalized spacial score (nSPS) is 30.3. The summed E-state index contributed by atoms with van der Waals surface area (Å²) in [5.41, 5.74) is 0.223. The van der Waals surface area contributed by atoms with Gasteiger partial charge in [-0.15, -0.1) is 0 Å². The van der Waals surface area contributed by atoms with Crippen LogP contribution in [0.25, 0.3) is 0 Å². The van der Waals surface area contributed by atoms with Crippen LogP contribution in [0.1, 0.15) is 27.2 Å². The summed E-state index contributed by atoms with van der Waals surface area (Å²) in [4.78, 5) is 10.6. The predicted molar refractivity (Wildman–Crippen MR) is 46.3 cm³/mol. The maximum Gasteiger partial charge on any atom is 0.123 e. The van der Waals surface area contributed by atoms with Gasteiger partial charge in [-0.3, -0.25) is 0 Å². The highest BCUT2D eigenvalue weighted by Gasteiger charge is 2.33. The molecule has 1 aliphatic carbocycles. The van der Waals surface area contributed by atoms with Crippen molar-refractivity contribution in [3.05, 3.63) is 12.2 Å². The number of carbonyl (C=O) groups excluding carboxylic acids is 1. The van der Waals surface area contributed by atoms with E-state index in [1.54, 1.807) is 0 Å². The first-order valence-electron chi connectivity index (χ1n) is 4.21. The standard InChI is InChI=1S/C10H16O/c1-8(7-11)9-5-4-6-10(9,2)3/h4,6-9H,5H2,1-3H3/t8-,9-/m1/s1. The molecule has 11 heavy (non-hydrogen) atoms. The van der Waals surface area contributed by atoms with Gasteiger partial charge >= 0.3 is 0 Å². The molecule has 0 saturated carbocycles. The number of rotatable bonds is 2. The zero-order valence-electron chi connectivity index (χ0n) is 7.50. The van der Waals surface area contributed by atoms with Crippen molar-refractivity contribution in [3.63, 3.8) is 0 Å². The van der Waals surface area contributed by atoms with Crippen LogP contribution in [0.15, 0.2) is 12.2 Å². The van der Waals surface area contributed by atoms with E-state index in [0.29, 0.717) is 5.92 Å². The summed E-state index contributed by atoms with van der Waals surface area (Å²) in [5.74, 6) is 0.708. The summed E-state index contributed by atoms with van der Waals surface area (Å²) in [6.07, 6.45) is 6.54. The Morgan fingerprint density at radius 3 is 2.64 bits per heavy atom. The number of hydrogen-bond acceptors (Lipinski definition) is 1. The summed E-state index contributed by atoms with van der Waals surface area (Å²) in [5, 5.41) is 0. The molecular formula is C10H16O. The predicted octanol–water partition coefficient (Wildman–Crippen LogP) is 2.42. The molecule has 0 spiro atoms. The molecule has 1 rings (SSSR count). The van der Waals surface area contributed by atoms with Gasteiger partial charge in [-0.1, -0.05) is 32.9 Å². The van der Waals surface area contributed by atoms with E-state index in [2.05, 4.69) is 26.0 Å². The second-order valence-corrected chi connectivity index (χ2v) is 4.06. The van der Waals surface area contributed by atoms with Gasteiger partial charge < -0.3 is 4.79 Å². The van der Waals surface area contributed by atoms with Crippen LogP contribution in [0.2, 0.25) is 0 Å². The van der Waals surface area contributed by atoms with Gasteiger partial charge in [0.05, 0.1) is 0 Å². The average molecular weight is 152 g/mol. The topological polar surface area (TPSA) is 17.1 Å². The first kappa shape index (κ1) is 8.51. The van der Waals surface area contributed by atoms with Crippen molar-refractivity contribution in [3.8, 4) is 0 Å². The Morgan fingerprint density at radius 1 is 1.64 bits per heavy atom. The van der Waals surface area contributed by atoms with Gasteiger partial charge in [0.1, 0.15) is 6.29 Å². The Morgan fingerprint density at radius 2 is 2.27 bits per heavy atom. The van der Waals surface area contributed by atoms with E-state index in [9.17, 15) is 4.79 Å². The molecule has 1 heteroatoms. The zero-order chi connectivity index (χ0) is 8.48. The minimum Gasteiger partial charge on any atom is -0.303 e. The molecule has 0 aliphatic heterocycles. The maximum atomic E-state index is 10.6. The fourth-order valence-electron chi connectivity index (χ4n) is 1.93. The van der Waals surface area contributed by atoms with Gasteiger partial charge in [0.25, 0.3) is 0 Å². The molecule has 0 aromatic carbocycles. The van der Waals surface area contributed by atoms with E-state index >= 15 is 0 Å². The number of aldehydes is 1. The van der Waals surface area contributed by atoms with Crippen LogP contribution >= 0.6 is 0 Å². The van der Waals surface area contributed by atoms with E-state index in [1.165, 1.54) is 0 Å². The average Bonchev–Trinajstić information content (AvgIpc) is 2.28. The van der Waals surface area contributed by atoms with Crippen molar-refractivity contribution < 1.29 is 4.79 Å². The molecule has 1 aliphatic rings. The minimum atomic E-state index is 0.194. The number of hydrogen-bond donors (Lipinski definition) is 0. The van der Waals surface area contributed by atoms with Gasteiger partial charge in [-0.05, 0) is 17.8 Å². The molecule has 1 nitrogen and oxygen atoms in total. The molecule has 0 saturated heterocycles. The Bertz CT molecular complexity index is 179. The van der Waals surface area contributed by atoms with E-state index in [0.717, 1.165) is 12.7 Å². The molecule has 62 valence electrons. The van der Waals surface area contributed by atoms with Crippen molar-refractivity contribution in [2.45, 2.75) is 27.2 Å². The molecule has 0 radical (unpaired) electrons. The van der Waals surface area contributed by atoms with Crippen LogP contribution in [-0.4, -0.2) is 6.29 Å². The molecule has 0 N–H and O–H groups in total. The highest BCUT2D eigenvalue weighted by molar-refractivity contribution is 5.54. The third kappa shape index (κ3) is 1.52. The van der Waals surface area contributed by atoms with Gasteiger partial charge in [0, 0.05) is 5.92 Å². The molecule has 0 bridgehead atoms. The quantitative estimate of drug-likeness (QED) is 0.438. The lowest BCUT2D eigenvalue weighted by Crippen LogP contribution is -2.24. The molecule has 0 aromatic rings. The number of allylic oxidation sites excluding steroid dienone is 2. The maximum absolute atomic E-state index is 10.6. The van der Waals surface area contributed by atoms with Gasteiger partial charge in [-0.25, -0.2) is 0 Å². The SMILES string of the molecule is C[C@H](C=O)[C@H]1CC=CC1(C)C. The lowest BCUT2D eigenvalue weighted by molar-refractivity contribution is -0.112. The van der Waals surface area contributed by atoms with Gasteiger partial charge in [0.2, 0.25) is 0 Å². The smallest absolute Gasteiger partial charge is 0.123 e. The summed E-state index contributed by atoms with van der Waals surface area (Å²) in [6.45, 7) is 6.40. The van der Waals surface area contributed by atoms with Gasteiger partial charge in [0.15, 0.2) is 0 Å². The number of carbonyl (C=O) groups is 1. The first-order chi connectivity index (χ1) is 5.08. The summed E-state index contributed by atoms with van der Waals surface area (Å²) >= 11 is 0. The molecular weight excluding hydrogens is 136 g/mol. The van der Waals surface area contributed by atoms with Crippen molar-refractivity contribution in [2.24, 2.45) is 17.3 Å². The second kappa shape index (κ2) is 2.80. The van der Waals surface area contributed by atoms with Crippen molar-refractivity contribution in [2.75, 3.05) is 0 Å². The highest BCUT2D eigenvalue weighted by atomic mass is 16.1. The van der Waals surface area contributed by atoms with Crippen LogP contribution in [0.4, 0.5) is 0 Å². The summed E-state index contributed by atoms with van der Waals surface area (Å²) in [7, 11) is 0. The van der Waals surface area contributed by atoms with Crippen molar-refractivity contribution in [1.29, 1.82) is 0 Å². The van der Waals surface area contributed by atoms with Crippen LogP contribution in [0.3, 0.4) is 0 Å². The Kier molecular flexibility index (Phi) is 2.17. The third-order valence-electron chi connectivity index (χ3n) is 2.74.